The number of benzene rings is 1. The predicted molar refractivity (Wildman–Crippen MR) is 79.6 cm³/mol. The van der Waals surface area contributed by atoms with Crippen LogP contribution in [0.1, 0.15) is 32.3 Å². The summed E-state index contributed by atoms with van der Waals surface area (Å²) in [5.41, 5.74) is 1.03. The van der Waals surface area contributed by atoms with E-state index in [2.05, 4.69) is 17.5 Å². The lowest BCUT2D eigenvalue weighted by Gasteiger charge is -2.34. The molecule has 1 aliphatic carbocycles. The fraction of sp³-hybridized carbons (Fsp3) is 0.533. The van der Waals surface area contributed by atoms with Gasteiger partial charge in [-0.15, -0.1) is 0 Å². The van der Waals surface area contributed by atoms with Crippen LogP contribution in [0.5, 0.6) is 5.75 Å². The zero-order chi connectivity index (χ0) is 13.8. The highest BCUT2D eigenvalue weighted by atomic mass is 32.1. The first kappa shape index (κ1) is 14.4. The standard InChI is InChI=1S/C15H21NO2S/c1-10(2)15(17)7-11-4-3-5-13(6-11)18-14-8-12(9-14)16-19/h3-6,10,12,14,16,19H,7-9H2,1-2H3. The van der Waals surface area contributed by atoms with Crippen molar-refractivity contribution in [1.29, 1.82) is 0 Å². The molecule has 104 valence electrons. The van der Waals surface area contributed by atoms with E-state index in [1.54, 1.807) is 0 Å². The van der Waals surface area contributed by atoms with Gasteiger partial charge in [0.2, 0.25) is 0 Å². The van der Waals surface area contributed by atoms with Gasteiger partial charge in [0.1, 0.15) is 17.6 Å². The minimum absolute atomic E-state index is 0.0819. The first-order valence-electron chi connectivity index (χ1n) is 6.76. The molecule has 1 saturated carbocycles. The number of ether oxygens (including phenoxy) is 1. The van der Waals surface area contributed by atoms with E-state index >= 15 is 0 Å². The molecule has 0 atom stereocenters. The molecule has 0 aliphatic heterocycles. The molecule has 3 nitrogen and oxygen atoms in total. The molecule has 19 heavy (non-hydrogen) atoms. The third-order valence-corrected chi connectivity index (χ3v) is 3.87. The van der Waals surface area contributed by atoms with Crippen LogP contribution in [0.15, 0.2) is 24.3 Å². The zero-order valence-corrected chi connectivity index (χ0v) is 12.3. The number of Topliss-reactive ketones (excluding diaryl/α,β-unsaturated/α-hetero) is 1. The van der Waals surface area contributed by atoms with Crippen LogP contribution < -0.4 is 9.46 Å². The molecule has 0 saturated heterocycles. The van der Waals surface area contributed by atoms with Crippen molar-refractivity contribution in [2.24, 2.45) is 5.92 Å². The van der Waals surface area contributed by atoms with Crippen molar-refractivity contribution in [3.8, 4) is 5.75 Å². The van der Waals surface area contributed by atoms with Crippen molar-refractivity contribution < 1.29 is 9.53 Å². The maximum Gasteiger partial charge on any atom is 0.139 e. The van der Waals surface area contributed by atoms with Gasteiger partial charge in [-0.1, -0.05) is 38.8 Å². The maximum absolute atomic E-state index is 11.7. The van der Waals surface area contributed by atoms with Crippen LogP contribution >= 0.6 is 12.8 Å². The molecule has 0 spiro atoms. The van der Waals surface area contributed by atoms with Gasteiger partial charge in [0.25, 0.3) is 0 Å². The van der Waals surface area contributed by atoms with Gasteiger partial charge in [-0.05, 0) is 17.7 Å². The Labute approximate surface area is 120 Å². The van der Waals surface area contributed by atoms with E-state index in [9.17, 15) is 4.79 Å². The van der Waals surface area contributed by atoms with E-state index in [1.807, 2.05) is 38.1 Å². The summed E-state index contributed by atoms with van der Waals surface area (Å²) in [7, 11) is 0. The highest BCUT2D eigenvalue weighted by molar-refractivity contribution is 7.78. The van der Waals surface area contributed by atoms with E-state index < -0.39 is 0 Å². The number of hydrogen-bond acceptors (Lipinski definition) is 4. The maximum atomic E-state index is 11.7. The smallest absolute Gasteiger partial charge is 0.139 e. The van der Waals surface area contributed by atoms with Gasteiger partial charge in [-0.3, -0.25) is 9.52 Å². The Kier molecular flexibility index (Phi) is 4.88. The van der Waals surface area contributed by atoms with E-state index in [0.29, 0.717) is 12.5 Å². The van der Waals surface area contributed by atoms with E-state index in [4.69, 9.17) is 4.74 Å². The summed E-state index contributed by atoms with van der Waals surface area (Å²) in [4.78, 5) is 11.7. The van der Waals surface area contributed by atoms with Crippen molar-refractivity contribution in [3.05, 3.63) is 29.8 Å². The minimum Gasteiger partial charge on any atom is -0.490 e. The fourth-order valence-electron chi connectivity index (χ4n) is 2.09. The predicted octanol–water partition coefficient (Wildman–Crippen LogP) is 2.80. The number of hydrogen-bond donors (Lipinski definition) is 2. The van der Waals surface area contributed by atoms with Crippen molar-refractivity contribution >= 4 is 18.6 Å². The Balaban J connectivity index is 1.90. The van der Waals surface area contributed by atoms with Crippen molar-refractivity contribution in [1.82, 2.24) is 4.72 Å². The summed E-state index contributed by atoms with van der Waals surface area (Å²) in [6, 6.07) is 8.31. The Bertz CT molecular complexity index is 442. The Morgan fingerprint density at radius 2 is 2.21 bits per heavy atom. The zero-order valence-electron chi connectivity index (χ0n) is 11.4. The molecule has 0 heterocycles. The molecule has 1 fully saturated rings. The molecule has 1 N–H and O–H groups in total. The van der Waals surface area contributed by atoms with Crippen LogP contribution in [0.4, 0.5) is 0 Å². The first-order chi connectivity index (χ1) is 9.08. The van der Waals surface area contributed by atoms with E-state index in [0.717, 1.165) is 24.2 Å². The summed E-state index contributed by atoms with van der Waals surface area (Å²) in [6.45, 7) is 3.86. The second kappa shape index (κ2) is 6.44. The quantitative estimate of drug-likeness (QED) is 0.786. The summed E-state index contributed by atoms with van der Waals surface area (Å²) >= 11 is 4.04. The lowest BCUT2D eigenvalue weighted by Crippen LogP contribution is -2.43. The third-order valence-electron chi connectivity index (χ3n) is 3.50. The highest BCUT2D eigenvalue weighted by Gasteiger charge is 2.29. The molecule has 0 aromatic heterocycles. The van der Waals surface area contributed by atoms with Gasteiger partial charge >= 0.3 is 0 Å². The highest BCUT2D eigenvalue weighted by Crippen LogP contribution is 2.26. The van der Waals surface area contributed by atoms with E-state index in [1.165, 1.54) is 0 Å². The normalized spacial score (nSPS) is 22.1. The summed E-state index contributed by atoms with van der Waals surface area (Å²) in [5, 5.41) is 0. The second-order valence-corrected chi connectivity index (χ2v) is 5.74. The van der Waals surface area contributed by atoms with Crippen LogP contribution in [-0.2, 0) is 11.2 Å². The number of carbonyl (C=O) groups excluding carboxylic acids is 1. The monoisotopic (exact) mass is 279 g/mol. The molecule has 1 aromatic rings. The lowest BCUT2D eigenvalue weighted by atomic mass is 9.90. The molecule has 0 bridgehead atoms. The molecular weight excluding hydrogens is 258 g/mol. The van der Waals surface area contributed by atoms with Crippen LogP contribution in [-0.4, -0.2) is 17.9 Å². The SMILES string of the molecule is CC(C)C(=O)Cc1cccc(OC2CC(NS)C2)c1. The number of rotatable bonds is 6. The largest absolute Gasteiger partial charge is 0.490 e. The fourth-order valence-corrected chi connectivity index (χ4v) is 2.30. The second-order valence-electron chi connectivity index (χ2n) is 5.48. The average molecular weight is 279 g/mol. The lowest BCUT2D eigenvalue weighted by molar-refractivity contribution is -0.121. The van der Waals surface area contributed by atoms with Gasteiger partial charge < -0.3 is 4.74 Å². The van der Waals surface area contributed by atoms with Crippen LogP contribution in [0.25, 0.3) is 0 Å². The Morgan fingerprint density at radius 1 is 1.47 bits per heavy atom. The number of carbonyl (C=O) groups is 1. The minimum atomic E-state index is 0.0819. The van der Waals surface area contributed by atoms with E-state index in [-0.39, 0.29) is 17.8 Å². The molecular formula is C15H21NO2S. The molecule has 0 amide bonds. The third kappa shape index (κ3) is 3.98. The first-order valence-corrected chi connectivity index (χ1v) is 7.21. The molecule has 1 aliphatic rings. The summed E-state index contributed by atoms with van der Waals surface area (Å²) < 4.78 is 8.82. The van der Waals surface area contributed by atoms with Gasteiger partial charge in [0.15, 0.2) is 0 Å². The van der Waals surface area contributed by atoms with Gasteiger partial charge in [-0.25, -0.2) is 0 Å². The van der Waals surface area contributed by atoms with Crippen LogP contribution in [0.3, 0.4) is 0 Å². The number of thiol groups is 1. The topological polar surface area (TPSA) is 38.3 Å². The summed E-state index contributed by atoms with van der Waals surface area (Å²) in [5.74, 6) is 1.20. The van der Waals surface area contributed by atoms with Crippen LogP contribution in [0.2, 0.25) is 0 Å². The molecule has 4 heteroatoms. The van der Waals surface area contributed by atoms with Gasteiger partial charge in [0, 0.05) is 31.2 Å². The van der Waals surface area contributed by atoms with Crippen molar-refractivity contribution in [2.45, 2.75) is 45.3 Å². The molecule has 0 unspecified atom stereocenters. The number of nitrogens with one attached hydrogen (secondary N) is 1. The van der Waals surface area contributed by atoms with Crippen molar-refractivity contribution in [3.63, 3.8) is 0 Å². The molecule has 1 aromatic carbocycles. The summed E-state index contributed by atoms with van der Waals surface area (Å²) in [6.07, 6.45) is 2.72. The van der Waals surface area contributed by atoms with Gasteiger partial charge in [-0.2, -0.15) is 0 Å². The molecule has 0 radical (unpaired) electrons. The Morgan fingerprint density at radius 3 is 2.84 bits per heavy atom. The number of ketones is 1. The average Bonchev–Trinajstić information content (AvgIpc) is 2.33. The molecule has 2 rings (SSSR count). The van der Waals surface area contributed by atoms with Gasteiger partial charge in [0.05, 0.1) is 0 Å². The van der Waals surface area contributed by atoms with Crippen LogP contribution in [0, 0.1) is 5.92 Å². The van der Waals surface area contributed by atoms with Crippen molar-refractivity contribution in [2.75, 3.05) is 0 Å². The Hall–Kier alpha value is -1.00.